The van der Waals surface area contributed by atoms with E-state index in [0.29, 0.717) is 12.0 Å². The minimum Gasteiger partial charge on any atom is -0.400 e. The van der Waals surface area contributed by atoms with Crippen molar-refractivity contribution in [2.45, 2.75) is 53.9 Å². The third-order valence-corrected chi connectivity index (χ3v) is 5.30. The maximum absolute atomic E-state index is 12.8. The summed E-state index contributed by atoms with van der Waals surface area (Å²) in [5, 5.41) is 16.7. The summed E-state index contributed by atoms with van der Waals surface area (Å²) < 4.78 is 26.1. The molecule has 1 N–H and O–H groups in total. The fraction of sp³-hybridized carbons (Fsp3) is 0.310. The Kier molecular flexibility index (Phi) is 20.8. The lowest BCUT2D eigenvalue weighted by Crippen LogP contribution is -1.98. The molecule has 0 aliphatic carbocycles. The van der Waals surface area contributed by atoms with Crippen LogP contribution < -0.4 is 0 Å². The number of rotatable bonds is 8. The first kappa shape index (κ1) is 34.0. The van der Waals surface area contributed by atoms with Gasteiger partial charge in [-0.05, 0) is 37.8 Å². The summed E-state index contributed by atoms with van der Waals surface area (Å²) in [5.74, 6) is -1.13. The number of carbonyl (C=O) groups excluding carboxylic acids is 1. The van der Waals surface area contributed by atoms with Crippen molar-refractivity contribution in [3.05, 3.63) is 95.0 Å². The third-order valence-electron chi connectivity index (χ3n) is 4.19. The summed E-state index contributed by atoms with van der Waals surface area (Å²) in [4.78, 5) is 13.2. The monoisotopic (exact) mass is 501 g/mol. The fourth-order valence-corrected chi connectivity index (χ4v) is 3.48. The van der Waals surface area contributed by atoms with Crippen LogP contribution in [0.4, 0.5) is 8.78 Å². The summed E-state index contributed by atoms with van der Waals surface area (Å²) in [7, 11) is 1.00. The van der Waals surface area contributed by atoms with Crippen molar-refractivity contribution in [3.8, 4) is 6.07 Å². The van der Waals surface area contributed by atoms with Crippen LogP contribution in [0.3, 0.4) is 0 Å². The molecule has 35 heavy (non-hydrogen) atoms. The number of thiophene rings is 1. The van der Waals surface area contributed by atoms with Gasteiger partial charge < -0.3 is 5.11 Å². The topological polar surface area (TPSA) is 61.1 Å². The Labute approximate surface area is 213 Å². The lowest BCUT2D eigenvalue weighted by atomic mass is 10.1. The normalized spacial score (nSPS) is 11.4. The van der Waals surface area contributed by atoms with Crippen LogP contribution in [0.25, 0.3) is 10.1 Å². The number of fused-ring (bicyclic) bond motifs is 1. The van der Waals surface area contributed by atoms with E-state index in [9.17, 15) is 13.6 Å². The first-order valence-electron chi connectivity index (χ1n) is 11.4. The highest BCUT2D eigenvalue weighted by Crippen LogP contribution is 2.27. The Morgan fingerprint density at radius 3 is 2.34 bits per heavy atom. The van der Waals surface area contributed by atoms with Crippen molar-refractivity contribution in [3.63, 3.8) is 0 Å². The zero-order chi connectivity index (χ0) is 27.2. The predicted octanol–water partition coefficient (Wildman–Crippen LogP) is 9.20. The van der Waals surface area contributed by atoms with Gasteiger partial charge in [0.25, 0.3) is 0 Å². The molecule has 2 aromatic rings. The standard InChI is InChI=1S/C17H15NOS.C9H12F2.C2H6.CH4O/c1-2-7-13(8-5-6-11-18)17(19)16-12-14-9-3-4-10-15(14)20-16;1-4-5-6-9(11)7(2)8(3)10;2*1-2/h3-5,7-10,12H,2,6H2,1H3;4-5H,3,6H2,1-2H3;1-2H3;2H,1H3/b8-5-,13-7+;5-4-,9-7+;;. The maximum Gasteiger partial charge on any atom is 0.202 e. The molecule has 6 heteroatoms. The smallest absolute Gasteiger partial charge is 0.202 e. The lowest BCUT2D eigenvalue weighted by molar-refractivity contribution is 0.104. The summed E-state index contributed by atoms with van der Waals surface area (Å²) in [6.45, 7) is 12.2. The molecule has 0 unspecified atom stereocenters. The largest absolute Gasteiger partial charge is 0.400 e. The van der Waals surface area contributed by atoms with Gasteiger partial charge in [-0.15, -0.1) is 11.3 Å². The Morgan fingerprint density at radius 1 is 1.20 bits per heavy atom. The van der Waals surface area contributed by atoms with Crippen LogP contribution >= 0.6 is 11.3 Å². The Balaban J connectivity index is 0. The number of halogens is 2. The number of nitrogens with zero attached hydrogens (tertiary/aromatic N) is 1. The molecule has 190 valence electrons. The van der Waals surface area contributed by atoms with Gasteiger partial charge in [-0.3, -0.25) is 4.79 Å². The van der Waals surface area contributed by atoms with E-state index in [2.05, 4.69) is 6.58 Å². The summed E-state index contributed by atoms with van der Waals surface area (Å²) in [6.07, 6.45) is 9.98. The number of aliphatic hydroxyl groups is 1. The highest BCUT2D eigenvalue weighted by molar-refractivity contribution is 7.21. The number of hydrogen-bond acceptors (Lipinski definition) is 4. The van der Waals surface area contributed by atoms with E-state index in [-0.39, 0.29) is 17.8 Å². The van der Waals surface area contributed by atoms with Gasteiger partial charge in [0.15, 0.2) is 0 Å². The van der Waals surface area contributed by atoms with Crippen molar-refractivity contribution in [1.82, 2.24) is 0 Å². The van der Waals surface area contributed by atoms with Crippen molar-refractivity contribution >= 4 is 27.2 Å². The van der Waals surface area contributed by atoms with E-state index in [1.165, 1.54) is 18.3 Å². The number of hydrogen-bond donors (Lipinski definition) is 1. The second-order valence-electron chi connectivity index (χ2n) is 6.52. The van der Waals surface area contributed by atoms with Crippen molar-refractivity contribution in [2.75, 3.05) is 7.11 Å². The van der Waals surface area contributed by atoms with Gasteiger partial charge in [0.05, 0.1) is 17.4 Å². The van der Waals surface area contributed by atoms with Crippen LogP contribution in [0.5, 0.6) is 0 Å². The molecule has 0 bridgehead atoms. The Bertz CT molecular complexity index is 1040. The molecule has 0 radical (unpaired) electrons. The first-order valence-corrected chi connectivity index (χ1v) is 12.2. The van der Waals surface area contributed by atoms with Gasteiger partial charge >= 0.3 is 0 Å². The molecule has 0 aliphatic heterocycles. The van der Waals surface area contributed by atoms with Crippen LogP contribution in [0.15, 0.2) is 90.1 Å². The number of ketones is 1. The highest BCUT2D eigenvalue weighted by Gasteiger charge is 2.13. The van der Waals surface area contributed by atoms with Gasteiger partial charge in [-0.1, -0.05) is 75.9 Å². The van der Waals surface area contributed by atoms with Gasteiger partial charge in [-0.25, -0.2) is 8.78 Å². The SMILES string of the molecule is C=C(F)/C(C)=C(/F)C/C=C\C.CC.CC/C=C(\C=C/CC#N)C(=O)c1cc2ccccc2s1.CO. The second-order valence-corrected chi connectivity index (χ2v) is 7.60. The van der Waals surface area contributed by atoms with Crippen LogP contribution in [-0.4, -0.2) is 18.0 Å². The highest BCUT2D eigenvalue weighted by atomic mass is 32.1. The number of allylic oxidation sites excluding steroid dienone is 9. The van der Waals surface area contributed by atoms with E-state index in [0.717, 1.165) is 28.5 Å². The zero-order valence-electron chi connectivity index (χ0n) is 21.6. The number of Topliss-reactive ketones (excluding diaryl/α,β-unsaturated/α-hetero) is 1. The van der Waals surface area contributed by atoms with Crippen LogP contribution in [0.2, 0.25) is 0 Å². The molecular formula is C29H37F2NO2S. The van der Waals surface area contributed by atoms with E-state index < -0.39 is 11.7 Å². The molecule has 0 saturated heterocycles. The van der Waals surface area contributed by atoms with E-state index in [1.54, 1.807) is 31.2 Å². The van der Waals surface area contributed by atoms with Crippen LogP contribution in [0, 0.1) is 11.3 Å². The van der Waals surface area contributed by atoms with E-state index in [4.69, 9.17) is 10.4 Å². The molecule has 1 heterocycles. The summed E-state index contributed by atoms with van der Waals surface area (Å²) >= 11 is 1.51. The lowest BCUT2D eigenvalue weighted by Gasteiger charge is -1.98. The molecular weight excluding hydrogens is 464 g/mol. The summed E-state index contributed by atoms with van der Waals surface area (Å²) in [5.41, 5.74) is 0.664. The van der Waals surface area contributed by atoms with Gasteiger partial charge in [0.2, 0.25) is 5.78 Å². The van der Waals surface area contributed by atoms with E-state index in [1.807, 2.05) is 63.2 Å². The Morgan fingerprint density at radius 2 is 1.83 bits per heavy atom. The van der Waals surface area contributed by atoms with Crippen molar-refractivity contribution in [1.29, 1.82) is 5.26 Å². The molecule has 0 aliphatic rings. The molecule has 0 atom stereocenters. The third kappa shape index (κ3) is 13.4. The van der Waals surface area contributed by atoms with E-state index >= 15 is 0 Å². The maximum atomic E-state index is 12.8. The van der Waals surface area contributed by atoms with Crippen molar-refractivity contribution in [2.24, 2.45) is 0 Å². The molecule has 1 aromatic carbocycles. The number of benzene rings is 1. The average molecular weight is 502 g/mol. The molecule has 0 amide bonds. The minimum atomic E-state index is -0.702. The first-order chi connectivity index (χ1) is 16.8. The average Bonchev–Trinajstić information content (AvgIpc) is 3.33. The quantitative estimate of drug-likeness (QED) is 0.170. The Hall–Kier alpha value is -3.14. The number of aliphatic hydroxyl groups excluding tert-OH is 1. The second kappa shape index (κ2) is 21.4. The van der Waals surface area contributed by atoms with Gasteiger partial charge in [-0.2, -0.15) is 5.26 Å². The fourth-order valence-electron chi connectivity index (χ4n) is 2.45. The number of nitriles is 1. The van der Waals surface area contributed by atoms with Crippen LogP contribution in [0.1, 0.15) is 63.6 Å². The predicted molar refractivity (Wildman–Crippen MR) is 147 cm³/mol. The molecule has 0 fully saturated rings. The van der Waals surface area contributed by atoms with Crippen LogP contribution in [-0.2, 0) is 0 Å². The molecule has 2 rings (SSSR count). The zero-order valence-corrected chi connectivity index (χ0v) is 22.4. The van der Waals surface area contributed by atoms with Crippen molar-refractivity contribution < 1.29 is 18.7 Å². The molecule has 0 saturated carbocycles. The van der Waals surface area contributed by atoms with Gasteiger partial charge in [0.1, 0.15) is 11.7 Å². The van der Waals surface area contributed by atoms with Gasteiger partial charge in [0, 0.05) is 29.4 Å². The molecule has 1 aromatic heterocycles. The number of carbonyl (C=O) groups is 1. The molecule has 3 nitrogen and oxygen atoms in total. The molecule has 0 spiro atoms. The summed E-state index contributed by atoms with van der Waals surface area (Å²) in [6, 6.07) is 12.0. The minimum absolute atomic E-state index is 0.00287.